The molecule has 5 rings (SSSR count). The molecule has 1 fully saturated rings. The topological polar surface area (TPSA) is 62.7 Å². The van der Waals surface area contributed by atoms with Gasteiger partial charge in [-0.15, -0.1) is 0 Å². The third kappa shape index (κ3) is 2.21. The van der Waals surface area contributed by atoms with E-state index in [2.05, 4.69) is 43.2 Å². The van der Waals surface area contributed by atoms with Gasteiger partial charge in [-0.1, -0.05) is 20.8 Å². The SMILES string of the molecule is Cn1cc(-c2nc3cc4c(cc3[nH]2)C[C@@H]2NCC[C@]4(C)C2(C)C)ccc1=O. The summed E-state index contributed by atoms with van der Waals surface area (Å²) in [6, 6.07) is 8.52. The van der Waals surface area contributed by atoms with Crippen LogP contribution in [-0.2, 0) is 18.9 Å². The van der Waals surface area contributed by atoms with Gasteiger partial charge in [-0.25, -0.2) is 4.98 Å². The molecule has 0 saturated carbocycles. The van der Waals surface area contributed by atoms with Gasteiger partial charge in [0.15, 0.2) is 0 Å². The second-order valence-corrected chi connectivity index (χ2v) is 8.99. The Bertz CT molecular complexity index is 1120. The minimum Gasteiger partial charge on any atom is -0.338 e. The van der Waals surface area contributed by atoms with Crippen LogP contribution in [0.4, 0.5) is 0 Å². The van der Waals surface area contributed by atoms with Crippen LogP contribution in [0.3, 0.4) is 0 Å². The van der Waals surface area contributed by atoms with Crippen molar-refractivity contribution in [3.63, 3.8) is 0 Å². The highest BCUT2D eigenvalue weighted by Gasteiger charge is 2.53. The zero-order valence-corrected chi connectivity index (χ0v) is 16.4. The summed E-state index contributed by atoms with van der Waals surface area (Å²) in [5.41, 5.74) is 6.24. The Morgan fingerprint density at radius 1 is 1.22 bits per heavy atom. The Hall–Kier alpha value is -2.40. The van der Waals surface area contributed by atoms with Crippen molar-refractivity contribution in [2.45, 2.75) is 45.1 Å². The number of hydrogen-bond donors (Lipinski definition) is 2. The van der Waals surface area contributed by atoms with E-state index in [9.17, 15) is 4.79 Å². The molecule has 3 heterocycles. The van der Waals surface area contributed by atoms with Crippen LogP contribution in [0.15, 0.2) is 35.3 Å². The molecular weight excluding hydrogens is 336 g/mol. The van der Waals surface area contributed by atoms with Gasteiger partial charge < -0.3 is 14.9 Å². The summed E-state index contributed by atoms with van der Waals surface area (Å²) < 4.78 is 1.59. The summed E-state index contributed by atoms with van der Waals surface area (Å²) in [7, 11) is 1.77. The van der Waals surface area contributed by atoms with Crippen molar-refractivity contribution in [2.75, 3.05) is 6.54 Å². The molecule has 2 N–H and O–H groups in total. The lowest BCUT2D eigenvalue weighted by atomic mass is 9.51. The molecule has 1 aliphatic carbocycles. The quantitative estimate of drug-likeness (QED) is 0.699. The normalized spacial score (nSPS) is 26.1. The molecule has 0 unspecified atom stereocenters. The highest BCUT2D eigenvalue weighted by atomic mass is 16.1. The van der Waals surface area contributed by atoms with E-state index < -0.39 is 0 Å². The standard InChI is InChI=1S/C22H26N4O/c1-21(2)18-10-14-9-16-17(11-15(14)22(21,3)7-8-23-18)25-20(24-16)13-5-6-19(27)26(4)12-13/h5-6,9,11-12,18,23H,7-8,10H2,1-4H3,(H,24,25)/t18-,22-/m0/s1. The van der Waals surface area contributed by atoms with Crippen molar-refractivity contribution >= 4 is 11.0 Å². The van der Waals surface area contributed by atoms with Crippen LogP contribution in [0.5, 0.6) is 0 Å². The van der Waals surface area contributed by atoms with Gasteiger partial charge in [-0.05, 0) is 54.1 Å². The van der Waals surface area contributed by atoms with Crippen LogP contribution in [0.2, 0.25) is 0 Å². The van der Waals surface area contributed by atoms with Crippen LogP contribution in [0, 0.1) is 5.41 Å². The summed E-state index contributed by atoms with van der Waals surface area (Å²) in [5, 5.41) is 3.74. The van der Waals surface area contributed by atoms with Gasteiger partial charge in [0.25, 0.3) is 0 Å². The van der Waals surface area contributed by atoms with Crippen LogP contribution >= 0.6 is 0 Å². The Kier molecular flexibility index (Phi) is 3.30. The fraction of sp³-hybridized carbons (Fsp3) is 0.455. The number of aromatic nitrogens is 3. The first-order valence-corrected chi connectivity index (χ1v) is 9.73. The number of piperidine rings is 1. The molecule has 2 bridgehead atoms. The Morgan fingerprint density at radius 2 is 2.04 bits per heavy atom. The number of aromatic amines is 1. The van der Waals surface area contributed by atoms with Crippen molar-refractivity contribution in [3.05, 3.63) is 51.9 Å². The van der Waals surface area contributed by atoms with E-state index in [1.807, 2.05) is 12.3 Å². The minimum absolute atomic E-state index is 0.0137. The summed E-state index contributed by atoms with van der Waals surface area (Å²) >= 11 is 0. The lowest BCUT2D eigenvalue weighted by Crippen LogP contribution is -2.62. The average Bonchev–Trinajstić information content (AvgIpc) is 3.02. The summed E-state index contributed by atoms with van der Waals surface area (Å²) in [6.45, 7) is 8.30. The van der Waals surface area contributed by atoms with Gasteiger partial charge in [0, 0.05) is 36.3 Å². The molecule has 1 aromatic carbocycles. The number of imidazole rings is 1. The van der Waals surface area contributed by atoms with E-state index in [1.54, 1.807) is 17.7 Å². The summed E-state index contributed by atoms with van der Waals surface area (Å²) in [4.78, 5) is 20.0. The number of fused-ring (bicyclic) bond motifs is 5. The highest BCUT2D eigenvalue weighted by Crippen LogP contribution is 2.54. The van der Waals surface area contributed by atoms with Crippen LogP contribution in [-0.4, -0.2) is 27.1 Å². The highest BCUT2D eigenvalue weighted by molar-refractivity contribution is 5.81. The van der Waals surface area contributed by atoms with E-state index in [4.69, 9.17) is 4.98 Å². The molecule has 1 aliphatic heterocycles. The fourth-order valence-electron chi connectivity index (χ4n) is 5.14. The lowest BCUT2D eigenvalue weighted by Gasteiger charge is -2.57. The molecule has 2 atom stereocenters. The maximum atomic E-state index is 11.7. The van der Waals surface area contributed by atoms with Gasteiger partial charge in [0.05, 0.1) is 11.0 Å². The molecule has 27 heavy (non-hydrogen) atoms. The van der Waals surface area contributed by atoms with Crippen molar-refractivity contribution in [1.82, 2.24) is 19.9 Å². The molecule has 1 saturated heterocycles. The number of hydrogen-bond acceptors (Lipinski definition) is 3. The number of benzene rings is 1. The second kappa shape index (κ2) is 5.32. The van der Waals surface area contributed by atoms with Gasteiger partial charge in [0.1, 0.15) is 5.82 Å². The molecule has 5 nitrogen and oxygen atoms in total. The molecule has 0 amide bonds. The minimum atomic E-state index is -0.0137. The van der Waals surface area contributed by atoms with E-state index in [0.29, 0.717) is 6.04 Å². The molecule has 0 spiro atoms. The third-order valence-electron chi connectivity index (χ3n) is 7.39. The number of pyridine rings is 1. The number of H-pyrrole nitrogens is 1. The third-order valence-corrected chi connectivity index (χ3v) is 7.39. The number of nitrogens with zero attached hydrogens (tertiary/aromatic N) is 2. The van der Waals surface area contributed by atoms with Crippen LogP contribution in [0.1, 0.15) is 38.3 Å². The van der Waals surface area contributed by atoms with Crippen molar-refractivity contribution in [1.29, 1.82) is 0 Å². The fourth-order valence-corrected chi connectivity index (χ4v) is 5.14. The van der Waals surface area contributed by atoms with E-state index in [0.717, 1.165) is 41.8 Å². The number of nitrogens with one attached hydrogen (secondary N) is 2. The van der Waals surface area contributed by atoms with Crippen molar-refractivity contribution < 1.29 is 0 Å². The number of rotatable bonds is 1. The van der Waals surface area contributed by atoms with E-state index in [1.165, 1.54) is 11.1 Å². The summed E-state index contributed by atoms with van der Waals surface area (Å²) in [6.07, 6.45) is 4.04. The first-order valence-electron chi connectivity index (χ1n) is 9.73. The molecular formula is C22H26N4O. The van der Waals surface area contributed by atoms with E-state index in [-0.39, 0.29) is 16.4 Å². The smallest absolute Gasteiger partial charge is 0.250 e. The van der Waals surface area contributed by atoms with Gasteiger partial charge in [-0.2, -0.15) is 0 Å². The molecule has 0 radical (unpaired) electrons. The van der Waals surface area contributed by atoms with Crippen molar-refractivity contribution in [2.24, 2.45) is 12.5 Å². The maximum absolute atomic E-state index is 11.7. The van der Waals surface area contributed by atoms with Gasteiger partial charge in [-0.3, -0.25) is 4.79 Å². The first kappa shape index (κ1) is 16.8. The Balaban J connectivity index is 1.68. The molecule has 2 aromatic heterocycles. The second-order valence-electron chi connectivity index (χ2n) is 8.99. The van der Waals surface area contributed by atoms with Gasteiger partial charge >= 0.3 is 0 Å². The average molecular weight is 362 g/mol. The monoisotopic (exact) mass is 362 g/mol. The largest absolute Gasteiger partial charge is 0.338 e. The summed E-state index contributed by atoms with van der Waals surface area (Å²) in [5.74, 6) is 0.813. The van der Waals surface area contributed by atoms with Crippen LogP contribution < -0.4 is 10.9 Å². The molecule has 140 valence electrons. The Morgan fingerprint density at radius 3 is 2.81 bits per heavy atom. The van der Waals surface area contributed by atoms with E-state index >= 15 is 0 Å². The molecule has 5 heteroatoms. The predicted octanol–water partition coefficient (Wildman–Crippen LogP) is 3.13. The number of aryl methyl sites for hydroxylation is 1. The lowest BCUT2D eigenvalue weighted by molar-refractivity contribution is 0.0561. The maximum Gasteiger partial charge on any atom is 0.250 e. The predicted molar refractivity (Wildman–Crippen MR) is 108 cm³/mol. The first-order chi connectivity index (χ1) is 12.8. The van der Waals surface area contributed by atoms with Gasteiger partial charge in [0.2, 0.25) is 5.56 Å². The van der Waals surface area contributed by atoms with Crippen LogP contribution in [0.25, 0.3) is 22.4 Å². The molecule has 2 aliphatic rings. The molecule has 3 aromatic rings. The van der Waals surface area contributed by atoms with Crippen molar-refractivity contribution in [3.8, 4) is 11.4 Å². The zero-order valence-electron chi connectivity index (χ0n) is 16.4. The zero-order chi connectivity index (χ0) is 19.0. The Labute approximate surface area is 158 Å².